The summed E-state index contributed by atoms with van der Waals surface area (Å²) in [5, 5.41) is 4.34. The van der Waals surface area contributed by atoms with E-state index >= 15 is 0 Å². The van der Waals surface area contributed by atoms with Gasteiger partial charge in [-0.05, 0) is 67.6 Å². The Morgan fingerprint density at radius 2 is 1.81 bits per heavy atom. The number of hydrogen-bond donors (Lipinski definition) is 1. The Kier molecular flexibility index (Phi) is 5.31. The third-order valence-corrected chi connectivity index (χ3v) is 8.56. The molecular weight excluding hydrogens is 382 g/mol. The number of sulfonamides is 1. The summed E-state index contributed by atoms with van der Waals surface area (Å²) in [4.78, 5) is 2.42. The van der Waals surface area contributed by atoms with Crippen LogP contribution in [0.5, 0.6) is 5.75 Å². The number of benzene rings is 1. The molecule has 0 aromatic heterocycles. The van der Waals surface area contributed by atoms with E-state index in [0.29, 0.717) is 42.9 Å². The van der Waals surface area contributed by atoms with E-state index in [9.17, 15) is 8.42 Å². The van der Waals surface area contributed by atoms with E-state index in [1.165, 1.54) is 25.7 Å². The molecule has 3 aliphatic rings. The van der Waals surface area contributed by atoms with Gasteiger partial charge >= 0.3 is 0 Å². The molecule has 2 saturated carbocycles. The number of hydrogen-bond acceptors (Lipinski definition) is 4. The zero-order chi connectivity index (χ0) is 19.0. The molecule has 0 unspecified atom stereocenters. The van der Waals surface area contributed by atoms with Crippen LogP contribution in [0.4, 0.5) is 0 Å². The van der Waals surface area contributed by atoms with Crippen LogP contribution in [0.15, 0.2) is 29.2 Å². The largest absolute Gasteiger partial charge is 0.497 e. The molecular formula is C19H27N3O3S2. The SMILES string of the molecule is COc1ccc(S(=O)(=O)N2CCN(C(=S)N[C@@H]3C[C@@H]4CC[C@@H]3C4)CC2)cc1. The number of nitrogens with one attached hydrogen (secondary N) is 1. The lowest BCUT2D eigenvalue weighted by atomic mass is 9.95. The third kappa shape index (κ3) is 3.79. The van der Waals surface area contributed by atoms with Crippen LogP contribution >= 0.6 is 12.2 Å². The average Bonchev–Trinajstić information content (AvgIpc) is 3.31. The normalized spacial score (nSPS) is 28.3. The Hall–Kier alpha value is -1.38. The molecule has 3 fully saturated rings. The van der Waals surface area contributed by atoms with Crippen molar-refractivity contribution in [3.05, 3.63) is 24.3 Å². The van der Waals surface area contributed by atoms with Gasteiger partial charge in [0.15, 0.2) is 5.11 Å². The first-order valence-corrected chi connectivity index (χ1v) is 11.5. The number of methoxy groups -OCH3 is 1. The van der Waals surface area contributed by atoms with Gasteiger partial charge in [-0.15, -0.1) is 0 Å². The van der Waals surface area contributed by atoms with Crippen molar-refractivity contribution < 1.29 is 13.2 Å². The Labute approximate surface area is 166 Å². The van der Waals surface area contributed by atoms with Crippen molar-refractivity contribution in [3.63, 3.8) is 0 Å². The third-order valence-electron chi connectivity index (χ3n) is 6.27. The zero-order valence-corrected chi connectivity index (χ0v) is 17.3. The van der Waals surface area contributed by atoms with E-state index in [2.05, 4.69) is 10.2 Å². The molecule has 0 radical (unpaired) electrons. The molecule has 148 valence electrons. The molecule has 6 nitrogen and oxygen atoms in total. The first-order chi connectivity index (χ1) is 13.0. The summed E-state index contributed by atoms with van der Waals surface area (Å²) in [6, 6.07) is 7.07. The monoisotopic (exact) mass is 409 g/mol. The summed E-state index contributed by atoms with van der Waals surface area (Å²) in [6.07, 6.45) is 5.26. The first-order valence-electron chi connectivity index (χ1n) is 9.67. The summed E-state index contributed by atoms with van der Waals surface area (Å²) in [6.45, 7) is 2.16. The van der Waals surface area contributed by atoms with Gasteiger partial charge in [-0.25, -0.2) is 8.42 Å². The summed E-state index contributed by atoms with van der Waals surface area (Å²) in [5.41, 5.74) is 0. The number of piperazine rings is 1. The van der Waals surface area contributed by atoms with Crippen molar-refractivity contribution >= 4 is 27.4 Å². The lowest BCUT2D eigenvalue weighted by Gasteiger charge is -2.37. The number of fused-ring (bicyclic) bond motifs is 2. The smallest absolute Gasteiger partial charge is 0.243 e. The van der Waals surface area contributed by atoms with Crippen LogP contribution in [0, 0.1) is 11.8 Å². The Bertz CT molecular complexity index is 789. The highest BCUT2D eigenvalue weighted by molar-refractivity contribution is 7.89. The van der Waals surface area contributed by atoms with Crippen LogP contribution < -0.4 is 10.1 Å². The van der Waals surface area contributed by atoms with Crippen LogP contribution in [-0.2, 0) is 10.0 Å². The molecule has 3 atom stereocenters. The van der Waals surface area contributed by atoms with Crippen molar-refractivity contribution in [2.75, 3.05) is 33.3 Å². The number of nitrogens with zero attached hydrogens (tertiary/aromatic N) is 2. The molecule has 0 amide bonds. The van der Waals surface area contributed by atoms with Crippen LogP contribution in [0.25, 0.3) is 0 Å². The molecule has 0 spiro atoms. The zero-order valence-electron chi connectivity index (χ0n) is 15.6. The molecule has 27 heavy (non-hydrogen) atoms. The molecule has 1 aromatic carbocycles. The van der Waals surface area contributed by atoms with Crippen LogP contribution in [0.1, 0.15) is 25.7 Å². The van der Waals surface area contributed by atoms with E-state index < -0.39 is 10.0 Å². The van der Waals surface area contributed by atoms with Crippen molar-refractivity contribution in [2.24, 2.45) is 11.8 Å². The van der Waals surface area contributed by atoms with Gasteiger partial charge < -0.3 is 15.0 Å². The highest BCUT2D eigenvalue weighted by Gasteiger charge is 2.40. The minimum atomic E-state index is -3.48. The average molecular weight is 410 g/mol. The van der Waals surface area contributed by atoms with E-state index in [1.54, 1.807) is 35.7 Å². The molecule has 1 saturated heterocycles. The van der Waals surface area contributed by atoms with Gasteiger partial charge in [0.2, 0.25) is 10.0 Å². The van der Waals surface area contributed by atoms with Gasteiger partial charge in [-0.2, -0.15) is 4.31 Å². The van der Waals surface area contributed by atoms with Crippen molar-refractivity contribution in [2.45, 2.75) is 36.6 Å². The van der Waals surface area contributed by atoms with Crippen molar-refractivity contribution in [1.29, 1.82) is 0 Å². The summed E-state index contributed by atoms with van der Waals surface area (Å²) >= 11 is 5.61. The maximum Gasteiger partial charge on any atom is 0.243 e. The second-order valence-electron chi connectivity index (χ2n) is 7.80. The molecule has 8 heteroatoms. The van der Waals surface area contributed by atoms with Crippen molar-refractivity contribution in [3.8, 4) is 5.75 Å². The van der Waals surface area contributed by atoms with Gasteiger partial charge in [0.05, 0.1) is 12.0 Å². The maximum absolute atomic E-state index is 12.8. The Morgan fingerprint density at radius 3 is 2.37 bits per heavy atom. The molecule has 2 aliphatic carbocycles. The molecule has 1 aliphatic heterocycles. The van der Waals surface area contributed by atoms with Gasteiger partial charge in [0.25, 0.3) is 0 Å². The highest BCUT2D eigenvalue weighted by Crippen LogP contribution is 2.44. The van der Waals surface area contributed by atoms with Gasteiger partial charge in [0.1, 0.15) is 5.75 Å². The molecule has 4 rings (SSSR count). The number of thiocarbonyl (C=S) groups is 1. The quantitative estimate of drug-likeness (QED) is 0.768. The topological polar surface area (TPSA) is 61.9 Å². The Balaban J connectivity index is 1.33. The van der Waals surface area contributed by atoms with Gasteiger partial charge in [-0.1, -0.05) is 6.42 Å². The fourth-order valence-corrected chi connectivity index (χ4v) is 6.46. The Morgan fingerprint density at radius 1 is 1.11 bits per heavy atom. The van der Waals surface area contributed by atoms with Crippen LogP contribution in [0.2, 0.25) is 0 Å². The lowest BCUT2D eigenvalue weighted by Crippen LogP contribution is -2.54. The first kappa shape index (κ1) is 19.0. The fourth-order valence-electron chi connectivity index (χ4n) is 4.70. The predicted molar refractivity (Wildman–Crippen MR) is 108 cm³/mol. The molecule has 1 heterocycles. The van der Waals surface area contributed by atoms with E-state index in [-0.39, 0.29) is 0 Å². The van der Waals surface area contributed by atoms with E-state index in [4.69, 9.17) is 17.0 Å². The van der Waals surface area contributed by atoms with Gasteiger partial charge in [0, 0.05) is 32.2 Å². The molecule has 1 aromatic rings. The van der Waals surface area contributed by atoms with Crippen molar-refractivity contribution in [1.82, 2.24) is 14.5 Å². The standard InChI is InChI=1S/C19H27N3O3S2/c1-25-16-4-6-17(7-5-16)27(23,24)22-10-8-21(9-11-22)19(26)20-18-13-14-2-3-15(18)12-14/h4-7,14-15,18H,2-3,8-13H2,1H3,(H,20,26)/t14-,15-,18-/m1/s1. The fraction of sp³-hybridized carbons (Fsp3) is 0.632. The number of ether oxygens (including phenoxy) is 1. The number of rotatable bonds is 4. The predicted octanol–water partition coefficient (Wildman–Crippen LogP) is 2.06. The summed E-state index contributed by atoms with van der Waals surface area (Å²) in [5.74, 6) is 2.29. The second kappa shape index (κ2) is 7.56. The molecule has 2 bridgehead atoms. The molecule has 1 N–H and O–H groups in total. The summed E-state index contributed by atoms with van der Waals surface area (Å²) < 4.78 is 32.3. The second-order valence-corrected chi connectivity index (χ2v) is 10.1. The van der Waals surface area contributed by atoms with E-state index in [0.717, 1.165) is 16.9 Å². The van der Waals surface area contributed by atoms with E-state index in [1.807, 2.05) is 0 Å². The van der Waals surface area contributed by atoms with Crippen LogP contribution in [-0.4, -0.2) is 62.1 Å². The maximum atomic E-state index is 12.8. The minimum Gasteiger partial charge on any atom is -0.497 e. The highest BCUT2D eigenvalue weighted by atomic mass is 32.2. The minimum absolute atomic E-state index is 0.305. The van der Waals surface area contributed by atoms with Crippen LogP contribution in [0.3, 0.4) is 0 Å². The van der Waals surface area contributed by atoms with Gasteiger partial charge in [-0.3, -0.25) is 0 Å². The lowest BCUT2D eigenvalue weighted by molar-refractivity contribution is 0.258. The summed E-state index contributed by atoms with van der Waals surface area (Å²) in [7, 11) is -1.91.